The molecule has 3 nitrogen and oxygen atoms in total. The summed E-state index contributed by atoms with van der Waals surface area (Å²) in [6.07, 6.45) is 1.88. The van der Waals surface area contributed by atoms with Gasteiger partial charge in [-0.2, -0.15) is 0 Å². The molecule has 1 aromatic carbocycles. The average Bonchev–Trinajstić information content (AvgIpc) is 2.41. The summed E-state index contributed by atoms with van der Waals surface area (Å²) in [5.41, 5.74) is 10.4. The first kappa shape index (κ1) is 13.6. The zero-order valence-electron chi connectivity index (χ0n) is 11.8. The quantitative estimate of drug-likeness (QED) is 0.913. The first-order valence-corrected chi connectivity index (χ1v) is 6.54. The van der Waals surface area contributed by atoms with E-state index in [0.717, 1.165) is 17.9 Å². The highest BCUT2D eigenvalue weighted by atomic mass is 15.1. The van der Waals surface area contributed by atoms with Crippen molar-refractivity contribution in [1.29, 1.82) is 0 Å². The zero-order valence-corrected chi connectivity index (χ0v) is 11.8. The van der Waals surface area contributed by atoms with Crippen molar-refractivity contribution in [3.63, 3.8) is 0 Å². The Morgan fingerprint density at radius 2 is 1.84 bits per heavy atom. The van der Waals surface area contributed by atoms with Crippen LogP contribution in [0.4, 0.5) is 5.69 Å². The molecule has 3 heteroatoms. The van der Waals surface area contributed by atoms with Gasteiger partial charge in [-0.05, 0) is 31.5 Å². The standard InChI is InChI=1S/C16H21N3/c1-12-4-6-14(7-5-12)11-19(3)15-8-9-16(13(2)17)18-10-15/h4-10,13H,11,17H2,1-3H3/t13-/m0/s1. The van der Waals surface area contributed by atoms with Crippen LogP contribution >= 0.6 is 0 Å². The molecule has 0 radical (unpaired) electrons. The maximum absolute atomic E-state index is 5.80. The van der Waals surface area contributed by atoms with Gasteiger partial charge in [-0.3, -0.25) is 4.98 Å². The minimum Gasteiger partial charge on any atom is -0.369 e. The number of aryl methyl sites for hydroxylation is 1. The molecule has 0 bridgehead atoms. The second-order valence-electron chi connectivity index (χ2n) is 5.07. The van der Waals surface area contributed by atoms with Crippen LogP contribution in [-0.4, -0.2) is 12.0 Å². The van der Waals surface area contributed by atoms with E-state index in [1.54, 1.807) is 0 Å². The highest BCUT2D eigenvalue weighted by Gasteiger charge is 2.05. The number of aromatic nitrogens is 1. The van der Waals surface area contributed by atoms with Gasteiger partial charge in [-0.25, -0.2) is 0 Å². The summed E-state index contributed by atoms with van der Waals surface area (Å²) in [7, 11) is 2.07. The fourth-order valence-corrected chi connectivity index (χ4v) is 1.95. The van der Waals surface area contributed by atoms with E-state index >= 15 is 0 Å². The molecule has 0 aliphatic carbocycles. The first-order chi connectivity index (χ1) is 9.06. The van der Waals surface area contributed by atoms with Crippen LogP contribution in [-0.2, 0) is 6.54 Å². The average molecular weight is 255 g/mol. The molecule has 0 spiro atoms. The number of nitrogens with zero attached hydrogens (tertiary/aromatic N) is 2. The van der Waals surface area contributed by atoms with Gasteiger partial charge in [0.05, 0.1) is 17.6 Å². The molecule has 0 saturated heterocycles. The third-order valence-electron chi connectivity index (χ3n) is 3.22. The molecule has 0 aliphatic rings. The van der Waals surface area contributed by atoms with Crippen molar-refractivity contribution in [3.05, 3.63) is 59.4 Å². The Balaban J connectivity index is 2.07. The second-order valence-corrected chi connectivity index (χ2v) is 5.07. The molecule has 0 unspecified atom stereocenters. The van der Waals surface area contributed by atoms with E-state index in [4.69, 9.17) is 5.73 Å². The maximum atomic E-state index is 5.80. The largest absolute Gasteiger partial charge is 0.369 e. The van der Waals surface area contributed by atoms with Crippen LogP contribution in [0, 0.1) is 6.92 Å². The first-order valence-electron chi connectivity index (χ1n) is 6.54. The minimum absolute atomic E-state index is 0.0172. The Labute approximate surface area is 115 Å². The molecule has 0 amide bonds. The highest BCUT2D eigenvalue weighted by molar-refractivity contribution is 5.44. The Bertz CT molecular complexity index is 515. The van der Waals surface area contributed by atoms with Crippen LogP contribution in [0.5, 0.6) is 0 Å². The van der Waals surface area contributed by atoms with E-state index in [-0.39, 0.29) is 6.04 Å². The van der Waals surface area contributed by atoms with Crippen molar-refractivity contribution in [2.75, 3.05) is 11.9 Å². The van der Waals surface area contributed by atoms with Crippen LogP contribution in [0.3, 0.4) is 0 Å². The van der Waals surface area contributed by atoms with Gasteiger partial charge < -0.3 is 10.6 Å². The minimum atomic E-state index is -0.0172. The fraction of sp³-hybridized carbons (Fsp3) is 0.312. The fourth-order valence-electron chi connectivity index (χ4n) is 1.95. The molecule has 1 aromatic heterocycles. The van der Waals surface area contributed by atoms with Gasteiger partial charge in [0.15, 0.2) is 0 Å². The van der Waals surface area contributed by atoms with Gasteiger partial charge in [0.25, 0.3) is 0 Å². The van der Waals surface area contributed by atoms with Crippen molar-refractivity contribution in [3.8, 4) is 0 Å². The maximum Gasteiger partial charge on any atom is 0.0569 e. The topological polar surface area (TPSA) is 42.1 Å². The third-order valence-corrected chi connectivity index (χ3v) is 3.22. The molecular formula is C16H21N3. The van der Waals surface area contributed by atoms with Crippen LogP contribution in [0.1, 0.15) is 29.8 Å². The summed E-state index contributed by atoms with van der Waals surface area (Å²) < 4.78 is 0. The molecule has 2 aromatic rings. The monoisotopic (exact) mass is 255 g/mol. The van der Waals surface area contributed by atoms with Gasteiger partial charge in [0, 0.05) is 19.6 Å². The number of hydrogen-bond acceptors (Lipinski definition) is 3. The van der Waals surface area contributed by atoms with Gasteiger partial charge in [-0.1, -0.05) is 29.8 Å². The zero-order chi connectivity index (χ0) is 13.8. The Morgan fingerprint density at radius 1 is 1.16 bits per heavy atom. The van der Waals surface area contributed by atoms with E-state index in [0.29, 0.717) is 0 Å². The summed E-state index contributed by atoms with van der Waals surface area (Å²) in [5, 5.41) is 0. The van der Waals surface area contributed by atoms with Crippen LogP contribution in [0.15, 0.2) is 42.6 Å². The normalized spacial score (nSPS) is 12.2. The van der Waals surface area contributed by atoms with Gasteiger partial charge >= 0.3 is 0 Å². The lowest BCUT2D eigenvalue weighted by molar-refractivity contribution is 0.779. The van der Waals surface area contributed by atoms with Crippen molar-refractivity contribution in [1.82, 2.24) is 4.98 Å². The number of pyridine rings is 1. The molecule has 0 fully saturated rings. The van der Waals surface area contributed by atoms with Crippen molar-refractivity contribution in [2.24, 2.45) is 5.73 Å². The molecule has 2 N–H and O–H groups in total. The number of rotatable bonds is 4. The van der Waals surface area contributed by atoms with Crippen molar-refractivity contribution in [2.45, 2.75) is 26.4 Å². The summed E-state index contributed by atoms with van der Waals surface area (Å²) >= 11 is 0. The van der Waals surface area contributed by atoms with E-state index < -0.39 is 0 Å². The number of anilines is 1. The van der Waals surface area contributed by atoms with Gasteiger partial charge in [0.1, 0.15) is 0 Å². The summed E-state index contributed by atoms with van der Waals surface area (Å²) in [4.78, 5) is 6.57. The lowest BCUT2D eigenvalue weighted by atomic mass is 10.1. The molecule has 1 heterocycles. The summed E-state index contributed by atoms with van der Waals surface area (Å²) in [6, 6.07) is 12.6. The summed E-state index contributed by atoms with van der Waals surface area (Å²) in [5.74, 6) is 0. The molecule has 2 rings (SSSR count). The molecule has 1 atom stereocenters. The lowest BCUT2D eigenvalue weighted by Crippen LogP contribution is -2.17. The van der Waals surface area contributed by atoms with Crippen molar-refractivity contribution < 1.29 is 0 Å². The number of hydrogen-bond donors (Lipinski definition) is 1. The van der Waals surface area contributed by atoms with Gasteiger partial charge in [-0.15, -0.1) is 0 Å². The molecule has 19 heavy (non-hydrogen) atoms. The molecule has 0 aliphatic heterocycles. The third kappa shape index (κ3) is 3.55. The molecular weight excluding hydrogens is 234 g/mol. The SMILES string of the molecule is Cc1ccc(CN(C)c2ccc([C@H](C)N)nc2)cc1. The van der Waals surface area contributed by atoms with E-state index in [1.807, 2.05) is 19.2 Å². The predicted molar refractivity (Wildman–Crippen MR) is 80.1 cm³/mol. The Hall–Kier alpha value is -1.87. The van der Waals surface area contributed by atoms with Crippen LogP contribution in [0.25, 0.3) is 0 Å². The van der Waals surface area contributed by atoms with Crippen molar-refractivity contribution >= 4 is 5.69 Å². The second kappa shape index (κ2) is 5.85. The molecule has 0 saturated carbocycles. The smallest absolute Gasteiger partial charge is 0.0569 e. The van der Waals surface area contributed by atoms with E-state index in [9.17, 15) is 0 Å². The number of benzene rings is 1. The Kier molecular flexibility index (Phi) is 4.17. The van der Waals surface area contributed by atoms with E-state index in [1.165, 1.54) is 11.1 Å². The van der Waals surface area contributed by atoms with Crippen LogP contribution < -0.4 is 10.6 Å². The predicted octanol–water partition coefficient (Wildman–Crippen LogP) is 3.05. The lowest BCUT2D eigenvalue weighted by Gasteiger charge is -2.19. The van der Waals surface area contributed by atoms with E-state index in [2.05, 4.69) is 54.2 Å². The summed E-state index contributed by atoms with van der Waals surface area (Å²) in [6.45, 7) is 4.92. The van der Waals surface area contributed by atoms with Gasteiger partial charge in [0.2, 0.25) is 0 Å². The Morgan fingerprint density at radius 3 is 2.37 bits per heavy atom. The highest BCUT2D eigenvalue weighted by Crippen LogP contribution is 2.16. The number of nitrogens with two attached hydrogens (primary N) is 1. The van der Waals surface area contributed by atoms with Crippen LogP contribution in [0.2, 0.25) is 0 Å². The molecule has 100 valence electrons.